The number of rotatable bonds is 2. The Bertz CT molecular complexity index is 841. The number of benzene rings is 1. The summed E-state index contributed by atoms with van der Waals surface area (Å²) >= 11 is 0. The monoisotopic (exact) mass is 319 g/mol. The number of ether oxygens (including phenoxy) is 1. The van der Waals surface area contributed by atoms with Gasteiger partial charge in [-0.3, -0.25) is 14.8 Å². The lowest BCUT2D eigenvalue weighted by Crippen LogP contribution is -2.25. The Hall–Kier alpha value is -2.95. The Morgan fingerprint density at radius 1 is 1.25 bits per heavy atom. The maximum absolute atomic E-state index is 11.4. The van der Waals surface area contributed by atoms with Gasteiger partial charge in [0.2, 0.25) is 0 Å². The first kappa shape index (κ1) is 14.6. The Kier molecular flexibility index (Phi) is 3.83. The van der Waals surface area contributed by atoms with Crippen molar-refractivity contribution in [1.29, 1.82) is 0 Å². The van der Waals surface area contributed by atoms with Gasteiger partial charge in [0.05, 0.1) is 11.4 Å². The third-order valence-electron chi connectivity index (χ3n) is 4.09. The molecule has 2 aromatic rings. The number of carbonyl (C=O) groups is 1. The molecule has 1 N–H and O–H groups in total. The van der Waals surface area contributed by atoms with Crippen molar-refractivity contribution in [2.24, 2.45) is 4.99 Å². The highest BCUT2D eigenvalue weighted by atomic mass is 16.5. The van der Waals surface area contributed by atoms with Gasteiger partial charge in [0.1, 0.15) is 5.75 Å². The number of amides is 1. The van der Waals surface area contributed by atoms with Gasteiger partial charge in [0.15, 0.2) is 6.61 Å². The molecule has 2 aliphatic rings. The SMILES string of the molecule is O=C1COc2cc(/C=C3\CCCN=C3c3cccnc3)ccc2N1. The molecule has 0 bridgehead atoms. The minimum atomic E-state index is -0.119. The van der Waals surface area contributed by atoms with Gasteiger partial charge in [-0.1, -0.05) is 6.07 Å². The fourth-order valence-corrected chi connectivity index (χ4v) is 2.98. The molecule has 5 nitrogen and oxygen atoms in total. The summed E-state index contributed by atoms with van der Waals surface area (Å²) in [6.45, 7) is 0.913. The van der Waals surface area contributed by atoms with Crippen LogP contribution in [0.3, 0.4) is 0 Å². The Labute approximate surface area is 140 Å². The third kappa shape index (κ3) is 2.93. The van der Waals surface area contributed by atoms with Gasteiger partial charge in [0, 0.05) is 24.5 Å². The zero-order chi connectivity index (χ0) is 16.4. The van der Waals surface area contributed by atoms with E-state index >= 15 is 0 Å². The number of anilines is 1. The molecule has 2 aliphatic heterocycles. The summed E-state index contributed by atoms with van der Waals surface area (Å²) in [6, 6.07) is 9.78. The highest BCUT2D eigenvalue weighted by Gasteiger charge is 2.17. The lowest BCUT2D eigenvalue weighted by molar-refractivity contribution is -0.118. The molecule has 1 aromatic carbocycles. The maximum Gasteiger partial charge on any atom is 0.262 e. The fourth-order valence-electron chi connectivity index (χ4n) is 2.98. The molecule has 24 heavy (non-hydrogen) atoms. The van der Waals surface area contributed by atoms with Crippen molar-refractivity contribution < 1.29 is 9.53 Å². The smallest absolute Gasteiger partial charge is 0.262 e. The molecule has 0 fully saturated rings. The number of hydrogen-bond acceptors (Lipinski definition) is 4. The molecule has 0 radical (unpaired) electrons. The second-order valence-corrected chi connectivity index (χ2v) is 5.84. The summed E-state index contributed by atoms with van der Waals surface area (Å²) in [5.74, 6) is 0.589. The topological polar surface area (TPSA) is 63.6 Å². The van der Waals surface area contributed by atoms with Gasteiger partial charge in [-0.25, -0.2) is 0 Å². The highest BCUT2D eigenvalue weighted by Crippen LogP contribution is 2.30. The first-order chi connectivity index (χ1) is 11.8. The van der Waals surface area contributed by atoms with E-state index in [-0.39, 0.29) is 12.5 Å². The molecule has 0 aliphatic carbocycles. The zero-order valence-electron chi connectivity index (χ0n) is 13.2. The molecular weight excluding hydrogens is 302 g/mol. The Balaban J connectivity index is 1.68. The van der Waals surface area contributed by atoms with Crippen molar-refractivity contribution in [2.75, 3.05) is 18.5 Å². The number of carbonyl (C=O) groups excluding carboxylic acids is 1. The standard InChI is InChI=1S/C19H17N3O2/c23-18-12-24-17-10-13(5-6-16(17)22-18)9-14-3-2-8-21-19(14)15-4-1-7-20-11-15/h1,4-7,9-11H,2-3,8,12H2,(H,22,23)/b14-9+. The van der Waals surface area contributed by atoms with Crippen molar-refractivity contribution in [2.45, 2.75) is 12.8 Å². The van der Waals surface area contributed by atoms with Crippen LogP contribution in [0.4, 0.5) is 5.69 Å². The first-order valence-electron chi connectivity index (χ1n) is 8.02. The van der Waals surface area contributed by atoms with Crippen molar-refractivity contribution in [1.82, 2.24) is 4.98 Å². The van der Waals surface area contributed by atoms with E-state index in [9.17, 15) is 4.79 Å². The van der Waals surface area contributed by atoms with Crippen LogP contribution in [0.1, 0.15) is 24.0 Å². The molecule has 3 heterocycles. The van der Waals surface area contributed by atoms with Crippen LogP contribution in [0.5, 0.6) is 5.75 Å². The fraction of sp³-hybridized carbons (Fsp3) is 0.211. The number of hydrogen-bond donors (Lipinski definition) is 1. The summed E-state index contributed by atoms with van der Waals surface area (Å²) in [5.41, 5.74) is 5.02. The molecule has 0 spiro atoms. The summed E-state index contributed by atoms with van der Waals surface area (Å²) in [6.07, 6.45) is 7.80. The van der Waals surface area contributed by atoms with E-state index in [1.165, 1.54) is 5.57 Å². The average molecular weight is 319 g/mol. The quantitative estimate of drug-likeness (QED) is 0.925. The van der Waals surface area contributed by atoms with E-state index in [0.29, 0.717) is 5.75 Å². The van der Waals surface area contributed by atoms with Crippen molar-refractivity contribution >= 4 is 23.4 Å². The highest BCUT2D eigenvalue weighted by molar-refractivity contribution is 6.15. The van der Waals surface area contributed by atoms with Crippen LogP contribution in [0.15, 0.2) is 53.3 Å². The van der Waals surface area contributed by atoms with Crippen molar-refractivity contribution in [3.8, 4) is 5.75 Å². The molecule has 1 aromatic heterocycles. The van der Waals surface area contributed by atoms with Gasteiger partial charge in [0.25, 0.3) is 5.91 Å². The predicted molar refractivity (Wildman–Crippen MR) is 93.4 cm³/mol. The first-order valence-corrected chi connectivity index (χ1v) is 8.02. The third-order valence-corrected chi connectivity index (χ3v) is 4.09. The number of fused-ring (bicyclic) bond motifs is 1. The summed E-state index contributed by atoms with van der Waals surface area (Å²) in [4.78, 5) is 20.3. The van der Waals surface area contributed by atoms with E-state index in [0.717, 1.165) is 41.9 Å². The van der Waals surface area contributed by atoms with Gasteiger partial charge in [-0.05, 0) is 54.3 Å². The van der Waals surface area contributed by atoms with E-state index in [4.69, 9.17) is 9.73 Å². The molecule has 0 atom stereocenters. The molecule has 5 heteroatoms. The van der Waals surface area contributed by atoms with Crippen molar-refractivity contribution in [3.63, 3.8) is 0 Å². The second kappa shape index (κ2) is 6.28. The number of aliphatic imine (C=N–C) groups is 1. The van der Waals surface area contributed by atoms with Crippen LogP contribution in [-0.2, 0) is 4.79 Å². The van der Waals surface area contributed by atoms with Crippen LogP contribution >= 0.6 is 0 Å². The zero-order valence-corrected chi connectivity index (χ0v) is 13.2. The minimum absolute atomic E-state index is 0.0649. The molecule has 0 unspecified atom stereocenters. The predicted octanol–water partition coefficient (Wildman–Crippen LogP) is 3.08. The molecule has 4 rings (SSSR count). The normalized spacial score (nSPS) is 18.4. The molecule has 120 valence electrons. The second-order valence-electron chi connectivity index (χ2n) is 5.84. The number of aromatic nitrogens is 1. The number of allylic oxidation sites excluding steroid dienone is 1. The molecule has 0 saturated heterocycles. The Morgan fingerprint density at radius 3 is 3.08 bits per heavy atom. The summed E-state index contributed by atoms with van der Waals surface area (Å²) < 4.78 is 5.50. The lowest BCUT2D eigenvalue weighted by Gasteiger charge is -2.19. The molecule has 1 amide bonds. The average Bonchev–Trinajstić information content (AvgIpc) is 2.63. The van der Waals surface area contributed by atoms with Gasteiger partial charge >= 0.3 is 0 Å². The number of nitrogens with one attached hydrogen (secondary N) is 1. The summed E-state index contributed by atoms with van der Waals surface area (Å²) in [5, 5.41) is 2.81. The lowest BCUT2D eigenvalue weighted by atomic mass is 9.95. The van der Waals surface area contributed by atoms with Gasteiger partial charge in [-0.2, -0.15) is 0 Å². The van der Waals surface area contributed by atoms with Crippen LogP contribution in [0, 0.1) is 0 Å². The molecule has 0 saturated carbocycles. The van der Waals surface area contributed by atoms with Crippen LogP contribution in [-0.4, -0.2) is 29.8 Å². The van der Waals surface area contributed by atoms with E-state index in [1.54, 1.807) is 6.20 Å². The van der Waals surface area contributed by atoms with E-state index in [1.807, 2.05) is 36.5 Å². The number of nitrogens with zero attached hydrogens (tertiary/aromatic N) is 2. The van der Waals surface area contributed by atoms with Gasteiger partial charge < -0.3 is 10.1 Å². The maximum atomic E-state index is 11.4. The van der Waals surface area contributed by atoms with Crippen LogP contribution in [0.2, 0.25) is 0 Å². The minimum Gasteiger partial charge on any atom is -0.482 e. The van der Waals surface area contributed by atoms with E-state index < -0.39 is 0 Å². The van der Waals surface area contributed by atoms with Gasteiger partial charge in [-0.15, -0.1) is 0 Å². The number of pyridine rings is 1. The van der Waals surface area contributed by atoms with Crippen molar-refractivity contribution in [3.05, 3.63) is 59.4 Å². The van der Waals surface area contributed by atoms with E-state index in [2.05, 4.69) is 16.4 Å². The Morgan fingerprint density at radius 2 is 2.21 bits per heavy atom. The van der Waals surface area contributed by atoms with Crippen LogP contribution in [0.25, 0.3) is 6.08 Å². The largest absolute Gasteiger partial charge is 0.482 e. The van der Waals surface area contributed by atoms with Crippen LogP contribution < -0.4 is 10.1 Å². The molecular formula is C19H17N3O2. The summed E-state index contributed by atoms with van der Waals surface area (Å²) in [7, 11) is 0.